The zero-order valence-electron chi connectivity index (χ0n) is 12.4. The summed E-state index contributed by atoms with van der Waals surface area (Å²) >= 11 is 0. The summed E-state index contributed by atoms with van der Waals surface area (Å²) in [4.78, 5) is 7.00. The molecule has 5 heteroatoms. The van der Waals surface area contributed by atoms with Crippen molar-refractivity contribution < 1.29 is 4.74 Å². The zero-order valence-corrected chi connectivity index (χ0v) is 12.4. The number of nitrogens with zero attached hydrogens (tertiary/aromatic N) is 3. The molecular formula is C15H26N4O. The normalized spacial score (nSPS) is 28.5. The van der Waals surface area contributed by atoms with Crippen LogP contribution in [-0.2, 0) is 17.7 Å². The first kappa shape index (κ1) is 14.0. The summed E-state index contributed by atoms with van der Waals surface area (Å²) in [6.07, 6.45) is 8.57. The zero-order chi connectivity index (χ0) is 13.9. The molecular weight excluding hydrogens is 252 g/mol. The second kappa shape index (κ2) is 6.24. The van der Waals surface area contributed by atoms with Gasteiger partial charge in [0.15, 0.2) is 0 Å². The average molecular weight is 278 g/mol. The van der Waals surface area contributed by atoms with Crippen LogP contribution in [0.25, 0.3) is 0 Å². The highest BCUT2D eigenvalue weighted by molar-refractivity contribution is 4.98. The number of hydrogen-bond acceptors (Lipinski definition) is 4. The first-order chi connectivity index (χ1) is 9.78. The Labute approximate surface area is 121 Å². The molecule has 3 unspecified atom stereocenters. The molecule has 3 rings (SSSR count). The van der Waals surface area contributed by atoms with Gasteiger partial charge in [-0.1, -0.05) is 6.92 Å². The molecule has 0 saturated carbocycles. The highest BCUT2D eigenvalue weighted by Crippen LogP contribution is 2.24. The molecule has 1 aromatic heterocycles. The van der Waals surface area contributed by atoms with E-state index < -0.39 is 0 Å². The molecule has 0 bridgehead atoms. The number of nitrogens with two attached hydrogens (primary N) is 1. The van der Waals surface area contributed by atoms with Crippen molar-refractivity contribution in [3.63, 3.8) is 0 Å². The molecule has 2 N–H and O–H groups in total. The van der Waals surface area contributed by atoms with Crippen LogP contribution >= 0.6 is 0 Å². The molecule has 0 amide bonds. The minimum absolute atomic E-state index is 0.0366. The lowest BCUT2D eigenvalue weighted by molar-refractivity contribution is -0.0592. The molecule has 3 atom stereocenters. The van der Waals surface area contributed by atoms with Crippen LogP contribution in [0.1, 0.15) is 32.0 Å². The Hall–Kier alpha value is -0.910. The van der Waals surface area contributed by atoms with Crippen LogP contribution in [-0.4, -0.2) is 52.3 Å². The number of rotatable bonds is 5. The summed E-state index contributed by atoms with van der Waals surface area (Å²) in [5.41, 5.74) is 6.38. The topological polar surface area (TPSA) is 56.3 Å². The van der Waals surface area contributed by atoms with Crippen molar-refractivity contribution in [3.8, 4) is 0 Å². The number of aryl methyl sites for hydroxylation is 1. The van der Waals surface area contributed by atoms with E-state index >= 15 is 0 Å². The highest BCUT2D eigenvalue weighted by Gasteiger charge is 2.34. The van der Waals surface area contributed by atoms with Gasteiger partial charge in [0.1, 0.15) is 5.82 Å². The molecule has 0 radical (unpaired) electrons. The standard InChI is InChI=1S/C15H26N4O/c1-2-6-18-8-5-17-15(18)9-13(16)14-10-19-7-3-4-12(19)11-20-14/h5,8,12-14H,2-4,6-7,9-11,16H2,1H3. The minimum Gasteiger partial charge on any atom is -0.374 e. The quantitative estimate of drug-likeness (QED) is 0.874. The Morgan fingerprint density at radius 1 is 1.55 bits per heavy atom. The van der Waals surface area contributed by atoms with Crippen LogP contribution in [0.3, 0.4) is 0 Å². The maximum Gasteiger partial charge on any atom is 0.110 e. The fraction of sp³-hybridized carbons (Fsp3) is 0.800. The fourth-order valence-electron chi connectivity index (χ4n) is 3.42. The van der Waals surface area contributed by atoms with Gasteiger partial charge in [0.05, 0.1) is 12.7 Å². The number of hydrogen-bond donors (Lipinski definition) is 1. The van der Waals surface area contributed by atoms with Crippen LogP contribution in [0, 0.1) is 0 Å². The van der Waals surface area contributed by atoms with Crippen LogP contribution in [0.4, 0.5) is 0 Å². The van der Waals surface area contributed by atoms with E-state index in [-0.39, 0.29) is 12.1 Å². The van der Waals surface area contributed by atoms with Crippen molar-refractivity contribution in [1.29, 1.82) is 0 Å². The third-order valence-corrected chi connectivity index (χ3v) is 4.58. The lowest BCUT2D eigenvalue weighted by atomic mass is 10.0. The molecule has 0 aliphatic carbocycles. The van der Waals surface area contributed by atoms with Crippen molar-refractivity contribution in [3.05, 3.63) is 18.2 Å². The van der Waals surface area contributed by atoms with Gasteiger partial charge in [-0.2, -0.15) is 0 Å². The van der Waals surface area contributed by atoms with Crippen LogP contribution in [0.15, 0.2) is 12.4 Å². The second-order valence-electron chi connectivity index (χ2n) is 6.07. The molecule has 2 fully saturated rings. The van der Waals surface area contributed by atoms with Gasteiger partial charge in [0.25, 0.3) is 0 Å². The molecule has 2 aliphatic rings. The monoisotopic (exact) mass is 278 g/mol. The first-order valence-electron chi connectivity index (χ1n) is 7.89. The highest BCUT2D eigenvalue weighted by atomic mass is 16.5. The van der Waals surface area contributed by atoms with Crippen LogP contribution in [0.5, 0.6) is 0 Å². The summed E-state index contributed by atoms with van der Waals surface area (Å²) in [6, 6.07) is 0.676. The molecule has 2 saturated heterocycles. The van der Waals surface area contributed by atoms with Crippen molar-refractivity contribution in [2.24, 2.45) is 5.73 Å². The maximum atomic E-state index is 6.38. The van der Waals surface area contributed by atoms with Gasteiger partial charge < -0.3 is 15.0 Å². The van der Waals surface area contributed by atoms with Crippen molar-refractivity contribution >= 4 is 0 Å². The van der Waals surface area contributed by atoms with Gasteiger partial charge >= 0.3 is 0 Å². The Morgan fingerprint density at radius 2 is 2.45 bits per heavy atom. The van der Waals surface area contributed by atoms with E-state index in [4.69, 9.17) is 10.5 Å². The van der Waals surface area contributed by atoms with Gasteiger partial charge in [0, 0.05) is 44.0 Å². The third kappa shape index (κ3) is 2.90. The second-order valence-corrected chi connectivity index (χ2v) is 6.07. The largest absolute Gasteiger partial charge is 0.374 e. The predicted octanol–water partition coefficient (Wildman–Crippen LogP) is 1.03. The van der Waals surface area contributed by atoms with Crippen molar-refractivity contribution in [2.75, 3.05) is 19.7 Å². The Bertz CT molecular complexity index is 433. The maximum absolute atomic E-state index is 6.38. The van der Waals surface area contributed by atoms with E-state index in [9.17, 15) is 0 Å². The molecule has 5 nitrogen and oxygen atoms in total. The van der Waals surface area contributed by atoms with E-state index in [1.165, 1.54) is 19.4 Å². The number of imidazole rings is 1. The summed E-state index contributed by atoms with van der Waals surface area (Å²) in [5, 5.41) is 0. The molecule has 0 aromatic carbocycles. The number of morpholine rings is 1. The average Bonchev–Trinajstić information content (AvgIpc) is 3.07. The summed E-state index contributed by atoms with van der Waals surface area (Å²) in [7, 11) is 0. The smallest absolute Gasteiger partial charge is 0.110 e. The molecule has 0 spiro atoms. The van der Waals surface area contributed by atoms with Gasteiger partial charge in [-0.15, -0.1) is 0 Å². The number of aromatic nitrogens is 2. The number of fused-ring (bicyclic) bond motifs is 1. The SMILES string of the molecule is CCCn1ccnc1CC(N)C1CN2CCCC2CO1. The van der Waals surface area contributed by atoms with Gasteiger partial charge in [-0.3, -0.25) is 4.90 Å². The van der Waals surface area contributed by atoms with Gasteiger partial charge in [0.2, 0.25) is 0 Å². The Kier molecular flexibility index (Phi) is 4.38. The van der Waals surface area contributed by atoms with Gasteiger partial charge in [-0.05, 0) is 25.8 Å². The minimum atomic E-state index is 0.0366. The molecule has 112 valence electrons. The van der Waals surface area contributed by atoms with E-state index in [0.29, 0.717) is 6.04 Å². The Balaban J connectivity index is 1.58. The fourth-order valence-corrected chi connectivity index (χ4v) is 3.42. The lowest BCUT2D eigenvalue weighted by Gasteiger charge is -2.37. The van der Waals surface area contributed by atoms with E-state index in [2.05, 4.69) is 21.4 Å². The number of ether oxygens (including phenoxy) is 1. The predicted molar refractivity (Wildman–Crippen MR) is 78.5 cm³/mol. The van der Waals surface area contributed by atoms with E-state index in [1.54, 1.807) is 0 Å². The van der Waals surface area contributed by atoms with Crippen molar-refractivity contribution in [2.45, 2.75) is 57.3 Å². The molecule has 20 heavy (non-hydrogen) atoms. The summed E-state index contributed by atoms with van der Waals surface area (Å²) in [6.45, 7) is 6.24. The molecule has 2 aliphatic heterocycles. The third-order valence-electron chi connectivity index (χ3n) is 4.58. The van der Waals surface area contributed by atoms with Gasteiger partial charge in [-0.25, -0.2) is 4.98 Å². The van der Waals surface area contributed by atoms with Crippen molar-refractivity contribution in [1.82, 2.24) is 14.5 Å². The molecule has 3 heterocycles. The van der Waals surface area contributed by atoms with Crippen LogP contribution < -0.4 is 5.73 Å². The molecule has 1 aromatic rings. The lowest BCUT2D eigenvalue weighted by Crippen LogP contribution is -2.53. The summed E-state index contributed by atoms with van der Waals surface area (Å²) < 4.78 is 8.21. The van der Waals surface area contributed by atoms with Crippen LogP contribution in [0.2, 0.25) is 0 Å². The first-order valence-corrected chi connectivity index (χ1v) is 7.89. The van der Waals surface area contributed by atoms with E-state index in [1.807, 2.05) is 12.4 Å². The Morgan fingerprint density at radius 3 is 3.30 bits per heavy atom. The van der Waals surface area contributed by atoms with E-state index in [0.717, 1.165) is 38.4 Å². The summed E-state index contributed by atoms with van der Waals surface area (Å²) in [5.74, 6) is 1.09.